The Bertz CT molecular complexity index is 704. The van der Waals surface area contributed by atoms with Crippen molar-refractivity contribution in [3.8, 4) is 0 Å². The number of carbonyl (C=O) groups is 1. The van der Waals surface area contributed by atoms with Crippen LogP contribution in [0.3, 0.4) is 0 Å². The van der Waals surface area contributed by atoms with E-state index in [1.54, 1.807) is 6.20 Å². The van der Waals surface area contributed by atoms with Gasteiger partial charge in [0, 0.05) is 6.04 Å². The van der Waals surface area contributed by atoms with Gasteiger partial charge in [0.05, 0.1) is 12.2 Å². The van der Waals surface area contributed by atoms with Crippen LogP contribution in [0.15, 0.2) is 36.5 Å². The number of aromatic nitrogens is 3. The highest BCUT2D eigenvalue weighted by molar-refractivity contribution is 5.92. The second-order valence-electron chi connectivity index (χ2n) is 7.17. The predicted molar refractivity (Wildman–Crippen MR) is 95.3 cm³/mol. The summed E-state index contributed by atoms with van der Waals surface area (Å²) in [4.78, 5) is 12.6. The number of hydrogen-bond acceptors (Lipinski definition) is 4. The van der Waals surface area contributed by atoms with Crippen molar-refractivity contribution in [1.82, 2.24) is 25.6 Å². The maximum absolute atomic E-state index is 12.6. The van der Waals surface area contributed by atoms with Crippen molar-refractivity contribution >= 4 is 5.91 Å². The van der Waals surface area contributed by atoms with E-state index < -0.39 is 0 Å². The second kappa shape index (κ2) is 7.35. The van der Waals surface area contributed by atoms with Crippen LogP contribution in [0.5, 0.6) is 0 Å². The van der Waals surface area contributed by atoms with Crippen LogP contribution in [0.25, 0.3) is 0 Å². The number of benzene rings is 1. The summed E-state index contributed by atoms with van der Waals surface area (Å²) in [5.41, 5.74) is 1.69. The second-order valence-corrected chi connectivity index (χ2v) is 7.17. The maximum atomic E-state index is 12.6. The molecule has 2 N–H and O–H groups in total. The number of nitrogens with one attached hydrogen (secondary N) is 2. The lowest BCUT2D eigenvalue weighted by Gasteiger charge is -2.22. The first-order valence-corrected chi connectivity index (χ1v) is 9.27. The summed E-state index contributed by atoms with van der Waals surface area (Å²) in [5, 5.41) is 14.8. The SMILES string of the molecule is O=C(NC(Cc1ccccc1)C1CC1)c1cn(C2CCNCC2)nn1. The highest BCUT2D eigenvalue weighted by Gasteiger charge is 2.33. The third kappa shape index (κ3) is 4.07. The van der Waals surface area contributed by atoms with Crippen LogP contribution in [0.4, 0.5) is 0 Å². The molecule has 6 heteroatoms. The molecule has 1 saturated carbocycles. The van der Waals surface area contributed by atoms with Crippen molar-refractivity contribution in [1.29, 1.82) is 0 Å². The number of amides is 1. The summed E-state index contributed by atoms with van der Waals surface area (Å²) >= 11 is 0. The third-order valence-corrected chi connectivity index (χ3v) is 5.23. The molecule has 2 heterocycles. The van der Waals surface area contributed by atoms with E-state index in [4.69, 9.17) is 0 Å². The van der Waals surface area contributed by atoms with Gasteiger partial charge in [-0.25, -0.2) is 4.68 Å². The van der Waals surface area contributed by atoms with E-state index in [-0.39, 0.29) is 11.9 Å². The van der Waals surface area contributed by atoms with Crippen molar-refractivity contribution in [2.24, 2.45) is 5.92 Å². The van der Waals surface area contributed by atoms with Gasteiger partial charge in [-0.05, 0) is 56.7 Å². The molecule has 1 unspecified atom stereocenters. The van der Waals surface area contributed by atoms with Crippen molar-refractivity contribution < 1.29 is 4.79 Å². The molecule has 6 nitrogen and oxygen atoms in total. The molecule has 1 aliphatic carbocycles. The highest BCUT2D eigenvalue weighted by atomic mass is 16.2. The average molecular weight is 339 g/mol. The lowest BCUT2D eigenvalue weighted by atomic mass is 10.0. The molecular formula is C19H25N5O. The zero-order valence-corrected chi connectivity index (χ0v) is 14.4. The number of hydrogen-bond donors (Lipinski definition) is 2. The molecule has 1 aliphatic heterocycles. The Labute approximate surface area is 148 Å². The van der Waals surface area contributed by atoms with Crippen molar-refractivity contribution in [2.75, 3.05) is 13.1 Å². The summed E-state index contributed by atoms with van der Waals surface area (Å²) in [7, 11) is 0. The van der Waals surface area contributed by atoms with Gasteiger partial charge in [-0.3, -0.25) is 4.79 Å². The monoisotopic (exact) mass is 339 g/mol. The topological polar surface area (TPSA) is 71.8 Å². The van der Waals surface area contributed by atoms with Crippen LogP contribution in [0.2, 0.25) is 0 Å². The Morgan fingerprint density at radius 1 is 1.20 bits per heavy atom. The summed E-state index contributed by atoms with van der Waals surface area (Å²) in [5.74, 6) is 0.483. The summed E-state index contributed by atoms with van der Waals surface area (Å²) < 4.78 is 1.86. The van der Waals surface area contributed by atoms with Gasteiger partial charge in [0.15, 0.2) is 5.69 Å². The molecule has 0 bridgehead atoms. The molecule has 1 aromatic heterocycles. The maximum Gasteiger partial charge on any atom is 0.273 e. The van der Waals surface area contributed by atoms with Crippen LogP contribution >= 0.6 is 0 Å². The van der Waals surface area contributed by atoms with E-state index in [1.165, 1.54) is 18.4 Å². The van der Waals surface area contributed by atoms with E-state index in [9.17, 15) is 4.79 Å². The first-order valence-electron chi connectivity index (χ1n) is 9.27. The van der Waals surface area contributed by atoms with Gasteiger partial charge in [0.25, 0.3) is 5.91 Å². The van der Waals surface area contributed by atoms with Crippen LogP contribution < -0.4 is 10.6 Å². The number of piperidine rings is 1. The molecule has 4 rings (SSSR count). The Morgan fingerprint density at radius 2 is 1.96 bits per heavy atom. The Kier molecular flexibility index (Phi) is 4.78. The largest absolute Gasteiger partial charge is 0.347 e. The fourth-order valence-corrected chi connectivity index (χ4v) is 3.57. The first-order chi connectivity index (χ1) is 12.3. The quantitative estimate of drug-likeness (QED) is 0.844. The Morgan fingerprint density at radius 3 is 2.68 bits per heavy atom. The van der Waals surface area contributed by atoms with Crippen molar-refractivity contribution in [3.05, 3.63) is 47.8 Å². The molecule has 132 valence electrons. The van der Waals surface area contributed by atoms with Gasteiger partial charge in [-0.2, -0.15) is 0 Å². The summed E-state index contributed by atoms with van der Waals surface area (Å²) in [6, 6.07) is 10.9. The van der Waals surface area contributed by atoms with Gasteiger partial charge in [0.2, 0.25) is 0 Å². The molecule has 1 atom stereocenters. The molecule has 0 spiro atoms. The van der Waals surface area contributed by atoms with Crippen LogP contribution in [-0.2, 0) is 6.42 Å². The van der Waals surface area contributed by atoms with Gasteiger partial charge in [-0.15, -0.1) is 5.10 Å². The van der Waals surface area contributed by atoms with Gasteiger partial charge in [-0.1, -0.05) is 35.5 Å². The van der Waals surface area contributed by atoms with Crippen LogP contribution in [-0.4, -0.2) is 40.0 Å². The van der Waals surface area contributed by atoms with Gasteiger partial charge in [0.1, 0.15) is 0 Å². The van der Waals surface area contributed by atoms with E-state index in [0.29, 0.717) is 17.7 Å². The van der Waals surface area contributed by atoms with Crippen LogP contribution in [0.1, 0.15) is 47.8 Å². The minimum absolute atomic E-state index is 0.104. The third-order valence-electron chi connectivity index (χ3n) is 5.23. The number of carbonyl (C=O) groups excluding carboxylic acids is 1. The predicted octanol–water partition coefficient (Wildman–Crippen LogP) is 1.95. The number of nitrogens with zero attached hydrogens (tertiary/aromatic N) is 3. The minimum Gasteiger partial charge on any atom is -0.347 e. The average Bonchev–Trinajstić information content (AvgIpc) is 3.39. The zero-order valence-electron chi connectivity index (χ0n) is 14.4. The summed E-state index contributed by atoms with van der Waals surface area (Å²) in [6.07, 6.45) is 7.13. The smallest absolute Gasteiger partial charge is 0.273 e. The Balaban J connectivity index is 1.40. The lowest BCUT2D eigenvalue weighted by molar-refractivity contribution is 0.0926. The van der Waals surface area contributed by atoms with Gasteiger partial charge >= 0.3 is 0 Å². The van der Waals surface area contributed by atoms with E-state index in [1.807, 2.05) is 22.9 Å². The standard InChI is InChI=1S/C19H25N5O/c25-19(18-13-24(23-22-18)16-8-10-20-11-9-16)21-17(15-6-7-15)12-14-4-2-1-3-5-14/h1-5,13,15-17,20H,6-12H2,(H,21,25). The van der Waals surface area contributed by atoms with Crippen LogP contribution in [0, 0.1) is 5.92 Å². The molecule has 1 saturated heterocycles. The van der Waals surface area contributed by atoms with Crippen molar-refractivity contribution in [2.45, 2.75) is 44.2 Å². The molecule has 2 aliphatic rings. The molecule has 25 heavy (non-hydrogen) atoms. The fourth-order valence-electron chi connectivity index (χ4n) is 3.57. The molecule has 1 aromatic carbocycles. The van der Waals surface area contributed by atoms with Crippen molar-refractivity contribution in [3.63, 3.8) is 0 Å². The summed E-state index contributed by atoms with van der Waals surface area (Å²) in [6.45, 7) is 1.99. The van der Waals surface area contributed by atoms with E-state index in [2.05, 4.69) is 33.1 Å². The highest BCUT2D eigenvalue weighted by Crippen LogP contribution is 2.34. The molecule has 2 aromatic rings. The van der Waals surface area contributed by atoms with E-state index in [0.717, 1.165) is 32.4 Å². The molecular weight excluding hydrogens is 314 g/mol. The first kappa shape index (κ1) is 16.3. The fraction of sp³-hybridized carbons (Fsp3) is 0.526. The number of rotatable bonds is 6. The lowest BCUT2D eigenvalue weighted by Crippen LogP contribution is -2.38. The van der Waals surface area contributed by atoms with E-state index >= 15 is 0 Å². The minimum atomic E-state index is -0.104. The molecule has 2 fully saturated rings. The van der Waals surface area contributed by atoms with Gasteiger partial charge < -0.3 is 10.6 Å². The normalized spacial score (nSPS) is 19.5. The molecule has 0 radical (unpaired) electrons. The zero-order chi connectivity index (χ0) is 17.1. The Hall–Kier alpha value is -2.21. The molecule has 1 amide bonds.